The van der Waals surface area contributed by atoms with Gasteiger partial charge in [0.05, 0.1) is 24.1 Å². The first-order valence-electron chi connectivity index (χ1n) is 14.0. The molecule has 0 unspecified atom stereocenters. The molecular weight excluding hydrogens is 504 g/mol. The van der Waals surface area contributed by atoms with Gasteiger partial charge in [0.2, 0.25) is 0 Å². The summed E-state index contributed by atoms with van der Waals surface area (Å²) >= 11 is 0. The van der Waals surface area contributed by atoms with Crippen LogP contribution < -0.4 is 15.0 Å². The minimum absolute atomic E-state index is 0.00373. The SMILES string of the molecule is Cc1cc(C(=O)N2Cc3cnn(C)c3Nc3ccccc32)ccc1OCC(=O)N1CCN(CCC(C)(C)C)CC1. The van der Waals surface area contributed by atoms with Crippen LogP contribution in [0.1, 0.15) is 48.7 Å². The topological polar surface area (TPSA) is 82.9 Å². The Labute approximate surface area is 236 Å². The summed E-state index contributed by atoms with van der Waals surface area (Å²) in [6.07, 6.45) is 2.94. The monoisotopic (exact) mass is 544 g/mol. The number of fused-ring (bicyclic) bond motifs is 2. The first kappa shape index (κ1) is 27.7. The lowest BCUT2D eigenvalue weighted by Crippen LogP contribution is -2.50. The van der Waals surface area contributed by atoms with Crippen LogP contribution in [0.5, 0.6) is 5.75 Å². The summed E-state index contributed by atoms with van der Waals surface area (Å²) in [5.41, 5.74) is 4.29. The quantitative estimate of drug-likeness (QED) is 0.489. The van der Waals surface area contributed by atoms with E-state index in [1.165, 1.54) is 0 Å². The average molecular weight is 545 g/mol. The van der Waals surface area contributed by atoms with Gasteiger partial charge in [0.1, 0.15) is 11.6 Å². The maximum absolute atomic E-state index is 13.8. The lowest BCUT2D eigenvalue weighted by Gasteiger charge is -2.35. The van der Waals surface area contributed by atoms with Crippen molar-refractivity contribution in [2.24, 2.45) is 12.5 Å². The Balaban J connectivity index is 1.21. The molecule has 1 N–H and O–H groups in total. The van der Waals surface area contributed by atoms with Gasteiger partial charge >= 0.3 is 0 Å². The van der Waals surface area contributed by atoms with Gasteiger partial charge in [-0.25, -0.2) is 0 Å². The van der Waals surface area contributed by atoms with Crippen LogP contribution in [0, 0.1) is 12.3 Å². The number of rotatable bonds is 6. The van der Waals surface area contributed by atoms with E-state index in [0.29, 0.717) is 23.3 Å². The van der Waals surface area contributed by atoms with Crippen LogP contribution in [0.25, 0.3) is 0 Å². The minimum Gasteiger partial charge on any atom is -0.483 e. The fourth-order valence-corrected chi connectivity index (χ4v) is 5.18. The first-order valence-corrected chi connectivity index (χ1v) is 14.0. The predicted octanol–water partition coefficient (Wildman–Crippen LogP) is 4.59. The molecule has 0 atom stereocenters. The van der Waals surface area contributed by atoms with Crippen LogP contribution >= 0.6 is 0 Å². The van der Waals surface area contributed by atoms with Crippen LogP contribution in [0.3, 0.4) is 0 Å². The second-order valence-corrected chi connectivity index (χ2v) is 12.0. The van der Waals surface area contributed by atoms with Gasteiger partial charge < -0.3 is 19.9 Å². The molecule has 0 spiro atoms. The van der Waals surface area contributed by atoms with Gasteiger partial charge in [-0.2, -0.15) is 5.10 Å². The highest BCUT2D eigenvalue weighted by Gasteiger charge is 2.27. The van der Waals surface area contributed by atoms with Crippen molar-refractivity contribution >= 4 is 29.0 Å². The van der Waals surface area contributed by atoms with Crippen LogP contribution in [0.15, 0.2) is 48.7 Å². The highest BCUT2D eigenvalue weighted by Crippen LogP contribution is 2.36. The summed E-state index contributed by atoms with van der Waals surface area (Å²) in [6.45, 7) is 13.4. The number of aromatic nitrogens is 2. The normalized spacial score (nSPS) is 15.6. The number of aryl methyl sites for hydroxylation is 2. The third-order valence-electron chi connectivity index (χ3n) is 7.71. The smallest absolute Gasteiger partial charge is 0.260 e. The molecule has 212 valence electrons. The molecule has 0 aliphatic carbocycles. The molecule has 1 aromatic heterocycles. The Hall–Kier alpha value is -3.85. The van der Waals surface area contributed by atoms with Crippen molar-refractivity contribution in [2.45, 2.75) is 40.7 Å². The maximum Gasteiger partial charge on any atom is 0.260 e. The van der Waals surface area contributed by atoms with Gasteiger partial charge in [-0.15, -0.1) is 0 Å². The molecule has 1 fully saturated rings. The van der Waals surface area contributed by atoms with Crippen molar-refractivity contribution < 1.29 is 14.3 Å². The summed E-state index contributed by atoms with van der Waals surface area (Å²) in [5, 5.41) is 7.79. The van der Waals surface area contributed by atoms with Gasteiger partial charge in [-0.1, -0.05) is 32.9 Å². The number of hydrogen-bond acceptors (Lipinski definition) is 6. The molecule has 40 heavy (non-hydrogen) atoms. The highest BCUT2D eigenvalue weighted by molar-refractivity contribution is 6.08. The summed E-state index contributed by atoms with van der Waals surface area (Å²) in [6, 6.07) is 13.2. The van der Waals surface area contributed by atoms with E-state index < -0.39 is 0 Å². The molecule has 2 amide bonds. The molecule has 9 nitrogen and oxygen atoms in total. The number of anilines is 3. The van der Waals surface area contributed by atoms with Crippen LogP contribution in [0.4, 0.5) is 17.2 Å². The molecular formula is C31H40N6O3. The van der Waals surface area contributed by atoms with Crippen LogP contribution in [-0.2, 0) is 18.4 Å². The second-order valence-electron chi connectivity index (χ2n) is 12.0. The number of carbonyl (C=O) groups excluding carboxylic acids is 2. The summed E-state index contributed by atoms with van der Waals surface area (Å²) in [5.74, 6) is 1.37. The summed E-state index contributed by atoms with van der Waals surface area (Å²) in [4.78, 5) is 32.7. The van der Waals surface area contributed by atoms with Crippen molar-refractivity contribution in [3.8, 4) is 5.75 Å². The Bertz CT molecular complexity index is 1380. The van der Waals surface area contributed by atoms with Gasteiger partial charge in [0, 0.05) is 44.4 Å². The number of para-hydroxylation sites is 2. The van der Waals surface area contributed by atoms with Crippen molar-refractivity contribution in [3.63, 3.8) is 0 Å². The van der Waals surface area contributed by atoms with E-state index in [-0.39, 0.29) is 18.4 Å². The fourth-order valence-electron chi connectivity index (χ4n) is 5.18. The van der Waals surface area contributed by atoms with Gasteiger partial charge in [0.25, 0.3) is 11.8 Å². The lowest BCUT2D eigenvalue weighted by atomic mass is 9.92. The molecule has 9 heteroatoms. The predicted molar refractivity (Wildman–Crippen MR) is 157 cm³/mol. The number of benzene rings is 2. The zero-order valence-electron chi connectivity index (χ0n) is 24.2. The van der Waals surface area contributed by atoms with E-state index in [1.807, 2.05) is 49.2 Å². The van der Waals surface area contributed by atoms with Gasteiger partial charge in [-0.3, -0.25) is 19.2 Å². The third-order valence-corrected chi connectivity index (χ3v) is 7.71. The zero-order chi connectivity index (χ0) is 28.4. The van der Waals surface area contributed by atoms with Crippen molar-refractivity contribution in [1.82, 2.24) is 19.6 Å². The molecule has 5 rings (SSSR count). The summed E-state index contributed by atoms with van der Waals surface area (Å²) < 4.78 is 7.71. The van der Waals surface area contributed by atoms with Crippen molar-refractivity contribution in [1.29, 1.82) is 0 Å². The van der Waals surface area contributed by atoms with E-state index in [2.05, 4.69) is 36.1 Å². The number of nitrogens with one attached hydrogen (secondary N) is 1. The molecule has 0 radical (unpaired) electrons. The summed E-state index contributed by atoms with van der Waals surface area (Å²) in [7, 11) is 1.88. The zero-order valence-corrected chi connectivity index (χ0v) is 24.2. The number of amides is 2. The number of ether oxygens (including phenoxy) is 1. The molecule has 3 aromatic rings. The van der Waals surface area contributed by atoms with E-state index in [1.54, 1.807) is 27.9 Å². The lowest BCUT2D eigenvalue weighted by molar-refractivity contribution is -0.135. The first-order chi connectivity index (χ1) is 19.1. The molecule has 0 saturated carbocycles. The molecule has 1 saturated heterocycles. The second kappa shape index (κ2) is 11.3. The van der Waals surface area contributed by atoms with E-state index >= 15 is 0 Å². The highest BCUT2D eigenvalue weighted by atomic mass is 16.5. The van der Waals surface area contributed by atoms with Gasteiger partial charge in [0.15, 0.2) is 6.61 Å². The number of carbonyl (C=O) groups is 2. The van der Waals surface area contributed by atoms with Crippen LogP contribution in [-0.4, -0.2) is 70.7 Å². The van der Waals surface area contributed by atoms with Crippen molar-refractivity contribution in [2.75, 3.05) is 49.5 Å². The largest absolute Gasteiger partial charge is 0.483 e. The maximum atomic E-state index is 13.8. The standard InChI is InChI=1S/C31H40N6O3/c1-22-18-23(30(39)37-20-24-19-32-34(5)29(24)33-25-8-6-7-9-26(25)37)10-11-27(22)40-21-28(38)36-16-14-35(15-17-36)13-12-31(2,3)4/h6-11,18-19,33H,12-17,20-21H2,1-5H3. The Morgan fingerprint density at radius 2 is 1.80 bits per heavy atom. The molecule has 2 aliphatic heterocycles. The molecule has 0 bridgehead atoms. The third kappa shape index (κ3) is 6.14. The molecule has 3 heterocycles. The van der Waals surface area contributed by atoms with E-state index in [9.17, 15) is 9.59 Å². The Morgan fingerprint density at radius 1 is 1.05 bits per heavy atom. The van der Waals surface area contributed by atoms with Crippen LogP contribution in [0.2, 0.25) is 0 Å². The Morgan fingerprint density at radius 3 is 2.52 bits per heavy atom. The van der Waals surface area contributed by atoms with E-state index in [0.717, 1.165) is 67.5 Å². The van der Waals surface area contributed by atoms with E-state index in [4.69, 9.17) is 4.74 Å². The number of hydrogen-bond donors (Lipinski definition) is 1. The van der Waals surface area contributed by atoms with Gasteiger partial charge in [-0.05, 0) is 61.2 Å². The molecule has 2 aliphatic rings. The minimum atomic E-state index is -0.110. The Kier molecular flexibility index (Phi) is 7.85. The number of nitrogens with zero attached hydrogens (tertiary/aromatic N) is 5. The van der Waals surface area contributed by atoms with Crippen molar-refractivity contribution in [3.05, 3.63) is 65.4 Å². The molecule has 2 aromatic carbocycles. The fraction of sp³-hybridized carbons (Fsp3) is 0.452. The average Bonchev–Trinajstić information content (AvgIpc) is 3.18. The number of piperazine rings is 1.